The predicted octanol–water partition coefficient (Wildman–Crippen LogP) is 4.55. The molecule has 0 saturated heterocycles. The van der Waals surface area contributed by atoms with E-state index in [4.69, 9.17) is 0 Å². The first-order chi connectivity index (χ1) is 15.9. The summed E-state index contributed by atoms with van der Waals surface area (Å²) in [6, 6.07) is 13.1. The minimum absolute atomic E-state index is 0.0176. The Labute approximate surface area is 199 Å². The zero-order valence-corrected chi connectivity index (χ0v) is 20.5. The first-order valence-corrected chi connectivity index (χ1v) is 11.7. The van der Waals surface area contributed by atoms with Gasteiger partial charge in [0.05, 0.1) is 27.7 Å². The zero-order chi connectivity index (χ0) is 25.2. The molecule has 1 heterocycles. The SMILES string of the molecule is Cc1nc(-c2ccc(C[C@@H](NS(=O)C(C)(C)C)c3ccc([N+](=O)[O-])cc3)cc2)c([N+](=O)[O-])n1C. The second-order valence-corrected chi connectivity index (χ2v) is 10.9. The predicted molar refractivity (Wildman–Crippen MR) is 131 cm³/mol. The molecule has 0 fully saturated rings. The summed E-state index contributed by atoms with van der Waals surface area (Å²) in [6.45, 7) is 7.29. The fourth-order valence-corrected chi connectivity index (χ4v) is 4.23. The van der Waals surface area contributed by atoms with Gasteiger partial charge in [0.25, 0.3) is 5.69 Å². The maximum atomic E-state index is 12.8. The smallest absolute Gasteiger partial charge is 0.350 e. The summed E-state index contributed by atoms with van der Waals surface area (Å²) in [4.78, 5) is 26.0. The molecular weight excluding hydrogens is 458 g/mol. The average Bonchev–Trinajstić information content (AvgIpc) is 3.07. The van der Waals surface area contributed by atoms with Crippen molar-refractivity contribution in [2.24, 2.45) is 7.05 Å². The molecule has 0 amide bonds. The number of aromatic nitrogens is 2. The standard InChI is InChI=1S/C23H27N5O5S/c1-15-24-21(22(26(15)5)28(31)32)18-8-6-16(7-9-18)14-20(25-34(33)23(2,3)4)17-10-12-19(13-11-17)27(29)30/h6-13,20,25H,14H2,1-5H3/t20-,34?/m1/s1. The first-order valence-electron chi connectivity index (χ1n) is 10.6. The number of benzene rings is 2. The van der Waals surface area contributed by atoms with Crippen LogP contribution in [-0.2, 0) is 24.5 Å². The van der Waals surface area contributed by atoms with E-state index in [1.807, 2.05) is 32.9 Å². The van der Waals surface area contributed by atoms with Crippen LogP contribution in [0.4, 0.5) is 11.5 Å². The van der Waals surface area contributed by atoms with E-state index in [0.29, 0.717) is 23.5 Å². The van der Waals surface area contributed by atoms with Gasteiger partial charge in [-0.3, -0.25) is 10.1 Å². The molecule has 34 heavy (non-hydrogen) atoms. The molecule has 3 rings (SSSR count). The van der Waals surface area contributed by atoms with Crippen LogP contribution in [0.1, 0.15) is 43.8 Å². The molecule has 3 aromatic rings. The van der Waals surface area contributed by atoms with Gasteiger partial charge in [-0.1, -0.05) is 36.4 Å². The van der Waals surface area contributed by atoms with Crippen molar-refractivity contribution in [3.8, 4) is 11.3 Å². The molecule has 10 nitrogen and oxygen atoms in total. The van der Waals surface area contributed by atoms with E-state index in [0.717, 1.165) is 11.1 Å². The van der Waals surface area contributed by atoms with Gasteiger partial charge in [-0.05, 0) is 43.2 Å². The van der Waals surface area contributed by atoms with E-state index in [2.05, 4.69) is 9.71 Å². The second kappa shape index (κ2) is 9.82. The number of imidazole rings is 1. The molecule has 2 atom stereocenters. The van der Waals surface area contributed by atoms with Crippen LogP contribution in [0.5, 0.6) is 0 Å². The molecule has 1 N–H and O–H groups in total. The molecule has 0 aliphatic carbocycles. The summed E-state index contributed by atoms with van der Waals surface area (Å²) >= 11 is 0. The summed E-state index contributed by atoms with van der Waals surface area (Å²) < 4.78 is 16.9. The fraction of sp³-hybridized carbons (Fsp3) is 0.348. The van der Waals surface area contributed by atoms with E-state index in [9.17, 15) is 24.4 Å². The monoisotopic (exact) mass is 485 g/mol. The zero-order valence-electron chi connectivity index (χ0n) is 19.6. The Hall–Kier alpha value is -3.44. The molecule has 0 bridgehead atoms. The Morgan fingerprint density at radius 3 is 2.12 bits per heavy atom. The topological polar surface area (TPSA) is 133 Å². The molecule has 1 unspecified atom stereocenters. The lowest BCUT2D eigenvalue weighted by atomic mass is 9.98. The lowest BCUT2D eigenvalue weighted by Crippen LogP contribution is -2.36. The third-order valence-corrected chi connectivity index (χ3v) is 7.05. The largest absolute Gasteiger partial charge is 0.358 e. The van der Waals surface area contributed by atoms with Gasteiger partial charge in [0.1, 0.15) is 0 Å². The van der Waals surface area contributed by atoms with Gasteiger partial charge in [-0.25, -0.2) is 18.5 Å². The van der Waals surface area contributed by atoms with Crippen molar-refractivity contribution < 1.29 is 14.1 Å². The number of rotatable bonds is 8. The molecule has 0 aliphatic heterocycles. The maximum Gasteiger partial charge on any atom is 0.350 e. The van der Waals surface area contributed by atoms with Crippen molar-refractivity contribution in [1.29, 1.82) is 0 Å². The Balaban J connectivity index is 1.91. The molecular formula is C23H27N5O5S. The number of hydrogen-bond donors (Lipinski definition) is 1. The highest BCUT2D eigenvalue weighted by molar-refractivity contribution is 7.84. The van der Waals surface area contributed by atoms with Crippen molar-refractivity contribution in [3.05, 3.63) is 85.7 Å². The number of nitro benzene ring substituents is 1. The van der Waals surface area contributed by atoms with Crippen molar-refractivity contribution >= 4 is 22.5 Å². The summed E-state index contributed by atoms with van der Waals surface area (Å²) in [7, 11) is 0.236. The Morgan fingerprint density at radius 1 is 1.03 bits per heavy atom. The van der Waals surface area contributed by atoms with Crippen LogP contribution in [0.25, 0.3) is 11.3 Å². The van der Waals surface area contributed by atoms with Crippen LogP contribution >= 0.6 is 0 Å². The van der Waals surface area contributed by atoms with Crippen molar-refractivity contribution in [2.75, 3.05) is 0 Å². The number of non-ortho nitro benzene ring substituents is 1. The third-order valence-electron chi connectivity index (χ3n) is 5.44. The van der Waals surface area contributed by atoms with Crippen LogP contribution in [0, 0.1) is 27.2 Å². The molecule has 1 aromatic heterocycles. The van der Waals surface area contributed by atoms with Crippen molar-refractivity contribution in [2.45, 2.75) is 44.9 Å². The van der Waals surface area contributed by atoms with Gasteiger partial charge in [0.15, 0.2) is 11.5 Å². The van der Waals surface area contributed by atoms with Gasteiger partial charge in [-0.15, -0.1) is 0 Å². The van der Waals surface area contributed by atoms with Gasteiger partial charge < -0.3 is 10.1 Å². The lowest BCUT2D eigenvalue weighted by molar-refractivity contribution is -0.391. The Bertz CT molecular complexity index is 1230. The van der Waals surface area contributed by atoms with Crippen molar-refractivity contribution in [1.82, 2.24) is 14.3 Å². The number of aryl methyl sites for hydroxylation is 1. The molecule has 2 aromatic carbocycles. The highest BCUT2D eigenvalue weighted by Crippen LogP contribution is 2.31. The number of nitrogens with one attached hydrogen (secondary N) is 1. The van der Waals surface area contributed by atoms with Crippen LogP contribution in [-0.4, -0.2) is 28.4 Å². The molecule has 0 spiro atoms. The first kappa shape index (κ1) is 25.2. The molecule has 11 heteroatoms. The molecule has 0 aliphatic rings. The molecule has 0 saturated carbocycles. The third kappa shape index (κ3) is 5.54. The van der Waals surface area contributed by atoms with E-state index in [1.54, 1.807) is 38.2 Å². The van der Waals surface area contributed by atoms with Crippen LogP contribution in [0.3, 0.4) is 0 Å². The number of nitro groups is 2. The Morgan fingerprint density at radius 2 is 1.62 bits per heavy atom. The van der Waals surface area contributed by atoms with E-state index < -0.39 is 25.6 Å². The molecule has 180 valence electrons. The van der Waals surface area contributed by atoms with Crippen LogP contribution in [0.2, 0.25) is 0 Å². The van der Waals surface area contributed by atoms with E-state index in [-0.39, 0.29) is 17.5 Å². The minimum Gasteiger partial charge on any atom is -0.358 e. The summed E-state index contributed by atoms with van der Waals surface area (Å²) in [6.07, 6.45) is 0.462. The fourth-order valence-electron chi connectivity index (χ4n) is 3.40. The van der Waals surface area contributed by atoms with Crippen LogP contribution in [0.15, 0.2) is 48.5 Å². The number of nitrogens with zero attached hydrogens (tertiary/aromatic N) is 4. The van der Waals surface area contributed by atoms with Gasteiger partial charge in [0, 0.05) is 30.7 Å². The quantitative estimate of drug-likeness (QED) is 0.368. The van der Waals surface area contributed by atoms with E-state index in [1.165, 1.54) is 16.7 Å². The minimum atomic E-state index is -1.37. The normalized spacial score (nSPS) is 13.4. The van der Waals surface area contributed by atoms with Gasteiger partial charge in [-0.2, -0.15) is 0 Å². The van der Waals surface area contributed by atoms with E-state index >= 15 is 0 Å². The highest BCUT2D eigenvalue weighted by atomic mass is 32.2. The highest BCUT2D eigenvalue weighted by Gasteiger charge is 2.26. The summed E-state index contributed by atoms with van der Waals surface area (Å²) in [5.74, 6) is 0.467. The lowest BCUT2D eigenvalue weighted by Gasteiger charge is -2.25. The summed E-state index contributed by atoms with van der Waals surface area (Å²) in [5.41, 5.74) is 2.58. The maximum absolute atomic E-state index is 12.8. The van der Waals surface area contributed by atoms with Crippen LogP contribution < -0.4 is 4.72 Å². The second-order valence-electron chi connectivity index (χ2n) is 8.95. The summed E-state index contributed by atoms with van der Waals surface area (Å²) in [5, 5.41) is 22.5. The van der Waals surface area contributed by atoms with Gasteiger partial charge >= 0.3 is 5.82 Å². The average molecular weight is 486 g/mol. The molecule has 0 radical (unpaired) electrons. The number of hydrogen-bond acceptors (Lipinski definition) is 6. The van der Waals surface area contributed by atoms with Gasteiger partial charge in [0.2, 0.25) is 0 Å². The Kier molecular flexibility index (Phi) is 7.27. The van der Waals surface area contributed by atoms with Crippen molar-refractivity contribution in [3.63, 3.8) is 0 Å².